The van der Waals surface area contributed by atoms with E-state index in [4.69, 9.17) is 10.9 Å². The molecular weight excluding hydrogens is 228 g/mol. The third kappa shape index (κ3) is 5.23. The number of likely N-dealkylation sites (tertiary alicyclic amines) is 1. The van der Waals surface area contributed by atoms with Gasteiger partial charge in [-0.2, -0.15) is 0 Å². The highest BCUT2D eigenvalue weighted by atomic mass is 16.4. The zero-order chi connectivity index (χ0) is 13.4. The molecule has 0 amide bonds. The summed E-state index contributed by atoms with van der Waals surface area (Å²) in [6, 6.07) is 0. The predicted octanol–water partition coefficient (Wildman–Crippen LogP) is 1.22. The monoisotopic (exact) mass is 256 g/mol. The Morgan fingerprint density at radius 1 is 1.33 bits per heavy atom. The summed E-state index contributed by atoms with van der Waals surface area (Å²) in [7, 11) is 0. The van der Waals surface area contributed by atoms with Gasteiger partial charge in [0.25, 0.3) is 0 Å². The minimum Gasteiger partial charge on any atom is -0.409 e. The molecule has 0 bridgehead atoms. The molecule has 0 saturated carbocycles. The van der Waals surface area contributed by atoms with Crippen LogP contribution in [0.3, 0.4) is 0 Å². The van der Waals surface area contributed by atoms with Crippen molar-refractivity contribution < 1.29 is 5.21 Å². The number of nitrogens with two attached hydrogens (primary N) is 1. The molecule has 5 heteroatoms. The van der Waals surface area contributed by atoms with Crippen LogP contribution in [0.1, 0.15) is 39.5 Å². The summed E-state index contributed by atoms with van der Waals surface area (Å²) in [4.78, 5) is 2.51. The van der Waals surface area contributed by atoms with Gasteiger partial charge in [-0.05, 0) is 45.3 Å². The first kappa shape index (κ1) is 15.2. The smallest absolute Gasteiger partial charge is 0.144 e. The molecule has 1 aliphatic heterocycles. The fourth-order valence-corrected chi connectivity index (χ4v) is 2.29. The highest BCUT2D eigenvalue weighted by Gasteiger charge is 2.22. The topological polar surface area (TPSA) is 73.9 Å². The Hall–Kier alpha value is -0.810. The molecule has 0 radical (unpaired) electrons. The van der Waals surface area contributed by atoms with Crippen LogP contribution in [-0.2, 0) is 0 Å². The number of oxime groups is 1. The molecule has 5 nitrogen and oxygen atoms in total. The van der Waals surface area contributed by atoms with Crippen LogP contribution in [-0.4, -0.2) is 48.7 Å². The van der Waals surface area contributed by atoms with E-state index >= 15 is 0 Å². The van der Waals surface area contributed by atoms with E-state index in [-0.39, 0.29) is 5.41 Å². The molecule has 1 heterocycles. The van der Waals surface area contributed by atoms with Crippen LogP contribution in [0.4, 0.5) is 0 Å². The van der Waals surface area contributed by atoms with Crippen LogP contribution in [0.15, 0.2) is 5.16 Å². The Morgan fingerprint density at radius 2 is 2.00 bits per heavy atom. The molecule has 0 aliphatic carbocycles. The molecule has 0 unspecified atom stereocenters. The average molecular weight is 256 g/mol. The van der Waals surface area contributed by atoms with E-state index in [0.717, 1.165) is 32.5 Å². The van der Waals surface area contributed by atoms with Gasteiger partial charge in [-0.25, -0.2) is 0 Å². The quantitative estimate of drug-likeness (QED) is 0.201. The second-order valence-electron chi connectivity index (χ2n) is 5.77. The van der Waals surface area contributed by atoms with Gasteiger partial charge in [-0.1, -0.05) is 19.0 Å². The minimum absolute atomic E-state index is 0.217. The molecule has 106 valence electrons. The first-order chi connectivity index (χ1) is 8.56. The summed E-state index contributed by atoms with van der Waals surface area (Å²) in [5, 5.41) is 15.2. The van der Waals surface area contributed by atoms with Crippen molar-refractivity contribution in [1.82, 2.24) is 10.2 Å². The summed E-state index contributed by atoms with van der Waals surface area (Å²) in [6.45, 7) is 9.75. The van der Waals surface area contributed by atoms with E-state index in [2.05, 4.69) is 15.4 Å². The van der Waals surface area contributed by atoms with E-state index in [1.54, 1.807) is 0 Å². The molecule has 1 fully saturated rings. The molecule has 0 atom stereocenters. The van der Waals surface area contributed by atoms with Gasteiger partial charge in [-0.15, -0.1) is 0 Å². The van der Waals surface area contributed by atoms with Crippen LogP contribution in [0.25, 0.3) is 0 Å². The van der Waals surface area contributed by atoms with Crippen molar-refractivity contribution in [2.75, 3.05) is 32.7 Å². The highest BCUT2D eigenvalue weighted by Crippen LogP contribution is 2.21. The van der Waals surface area contributed by atoms with Crippen LogP contribution in [0.5, 0.6) is 0 Å². The largest absolute Gasteiger partial charge is 0.409 e. The maximum atomic E-state index is 8.67. The molecule has 1 aliphatic rings. The van der Waals surface area contributed by atoms with Crippen LogP contribution in [0.2, 0.25) is 0 Å². The highest BCUT2D eigenvalue weighted by molar-refractivity contribution is 5.85. The lowest BCUT2D eigenvalue weighted by molar-refractivity contribution is 0.303. The van der Waals surface area contributed by atoms with Crippen LogP contribution >= 0.6 is 0 Å². The van der Waals surface area contributed by atoms with Crippen molar-refractivity contribution >= 4 is 5.84 Å². The SMILES string of the molecule is CC(C)(CCCNCCN1CCCC1)C(N)=NO. The fourth-order valence-electron chi connectivity index (χ4n) is 2.29. The Balaban J connectivity index is 2.01. The molecule has 0 aromatic carbocycles. The van der Waals surface area contributed by atoms with Crippen molar-refractivity contribution in [3.05, 3.63) is 0 Å². The number of nitrogens with one attached hydrogen (secondary N) is 1. The Kier molecular flexibility index (Phi) is 6.43. The summed E-state index contributed by atoms with van der Waals surface area (Å²) in [6.07, 6.45) is 4.69. The van der Waals surface area contributed by atoms with Crippen LogP contribution < -0.4 is 11.1 Å². The standard InChI is InChI=1S/C13H28N4O/c1-13(2,12(14)16-18)6-5-7-15-8-11-17-9-3-4-10-17/h15,18H,3-11H2,1-2H3,(H2,14,16). The van der Waals surface area contributed by atoms with Crippen molar-refractivity contribution in [3.63, 3.8) is 0 Å². The first-order valence-corrected chi connectivity index (χ1v) is 6.97. The lowest BCUT2D eigenvalue weighted by atomic mass is 9.86. The first-order valence-electron chi connectivity index (χ1n) is 6.97. The predicted molar refractivity (Wildman–Crippen MR) is 75.0 cm³/mol. The van der Waals surface area contributed by atoms with Gasteiger partial charge in [0.1, 0.15) is 5.84 Å². The molecular formula is C13H28N4O. The second kappa shape index (κ2) is 7.59. The number of amidine groups is 1. The number of hydrogen-bond donors (Lipinski definition) is 3. The molecule has 0 aromatic rings. The Labute approximate surface area is 110 Å². The Bertz CT molecular complexity index is 260. The second-order valence-corrected chi connectivity index (χ2v) is 5.77. The van der Waals surface area contributed by atoms with Crippen molar-refractivity contribution in [2.24, 2.45) is 16.3 Å². The zero-order valence-electron chi connectivity index (χ0n) is 11.8. The third-order valence-corrected chi connectivity index (χ3v) is 3.76. The maximum Gasteiger partial charge on any atom is 0.144 e. The zero-order valence-corrected chi connectivity index (χ0v) is 11.8. The van der Waals surface area contributed by atoms with Gasteiger partial charge in [0.05, 0.1) is 0 Å². The molecule has 1 saturated heterocycles. The van der Waals surface area contributed by atoms with Crippen molar-refractivity contribution in [3.8, 4) is 0 Å². The van der Waals surface area contributed by atoms with Gasteiger partial charge < -0.3 is 21.2 Å². The van der Waals surface area contributed by atoms with E-state index in [1.807, 2.05) is 13.8 Å². The van der Waals surface area contributed by atoms with Crippen molar-refractivity contribution in [1.29, 1.82) is 0 Å². The molecule has 0 aromatic heterocycles. The summed E-state index contributed by atoms with van der Waals surface area (Å²) < 4.78 is 0. The van der Waals surface area contributed by atoms with E-state index < -0.39 is 0 Å². The minimum atomic E-state index is -0.217. The average Bonchev–Trinajstić information content (AvgIpc) is 2.85. The molecule has 0 spiro atoms. The van der Waals surface area contributed by atoms with Gasteiger partial charge >= 0.3 is 0 Å². The van der Waals surface area contributed by atoms with E-state index in [9.17, 15) is 0 Å². The lowest BCUT2D eigenvalue weighted by Gasteiger charge is -2.22. The Morgan fingerprint density at radius 3 is 2.61 bits per heavy atom. The maximum absolute atomic E-state index is 8.67. The third-order valence-electron chi connectivity index (χ3n) is 3.76. The summed E-state index contributed by atoms with van der Waals surface area (Å²) >= 11 is 0. The number of hydrogen-bond acceptors (Lipinski definition) is 4. The van der Waals surface area contributed by atoms with Gasteiger partial charge in [0.15, 0.2) is 0 Å². The van der Waals surface area contributed by atoms with E-state index in [1.165, 1.54) is 25.9 Å². The van der Waals surface area contributed by atoms with Crippen LogP contribution in [0, 0.1) is 5.41 Å². The van der Waals surface area contributed by atoms with Gasteiger partial charge in [-0.3, -0.25) is 0 Å². The van der Waals surface area contributed by atoms with Crippen molar-refractivity contribution in [2.45, 2.75) is 39.5 Å². The van der Waals surface area contributed by atoms with Gasteiger partial charge in [0, 0.05) is 18.5 Å². The number of rotatable bonds is 8. The lowest BCUT2D eigenvalue weighted by Crippen LogP contribution is -2.34. The number of nitrogens with zero attached hydrogens (tertiary/aromatic N) is 2. The summed E-state index contributed by atoms with van der Waals surface area (Å²) in [5.74, 6) is 0.319. The fraction of sp³-hybridized carbons (Fsp3) is 0.923. The molecule has 18 heavy (non-hydrogen) atoms. The molecule has 1 rings (SSSR count). The molecule has 4 N–H and O–H groups in total. The summed E-state index contributed by atoms with van der Waals surface area (Å²) in [5.41, 5.74) is 5.43. The van der Waals surface area contributed by atoms with E-state index in [0.29, 0.717) is 5.84 Å². The van der Waals surface area contributed by atoms with Gasteiger partial charge in [0.2, 0.25) is 0 Å². The normalized spacial score (nSPS) is 18.4.